The molecular formula is C9H9ClN2O3. The lowest BCUT2D eigenvalue weighted by Crippen LogP contribution is -2.27. The summed E-state index contributed by atoms with van der Waals surface area (Å²) in [5.74, 6) is 0. The van der Waals surface area contributed by atoms with E-state index in [4.69, 9.17) is 11.6 Å². The number of nitro groups is 1. The Labute approximate surface area is 91.2 Å². The molecule has 1 atom stereocenters. The number of amides is 1. The lowest BCUT2D eigenvalue weighted by molar-refractivity contribution is -0.526. The van der Waals surface area contributed by atoms with Crippen LogP contribution in [0.5, 0.6) is 0 Å². The highest BCUT2D eigenvalue weighted by molar-refractivity contribution is 6.62. The first-order chi connectivity index (χ1) is 7.11. The predicted molar refractivity (Wildman–Crippen MR) is 55.4 cm³/mol. The lowest BCUT2D eigenvalue weighted by Gasteiger charge is -2.09. The second kappa shape index (κ2) is 5.31. The fourth-order valence-corrected chi connectivity index (χ4v) is 1.24. The maximum absolute atomic E-state index is 10.7. The lowest BCUT2D eigenvalue weighted by atomic mass is 10.1. The summed E-state index contributed by atoms with van der Waals surface area (Å²) in [6.45, 7) is -0.112. The highest BCUT2D eigenvalue weighted by Crippen LogP contribution is 2.14. The van der Waals surface area contributed by atoms with E-state index in [0.717, 1.165) is 0 Å². The van der Waals surface area contributed by atoms with Gasteiger partial charge in [-0.05, 0) is 11.6 Å². The van der Waals surface area contributed by atoms with Crippen LogP contribution in [0.1, 0.15) is 11.6 Å². The summed E-state index contributed by atoms with van der Waals surface area (Å²) in [5, 5.41) is 12.1. The maximum atomic E-state index is 10.7. The van der Waals surface area contributed by atoms with Crippen molar-refractivity contribution in [2.45, 2.75) is 6.04 Å². The zero-order valence-electron chi connectivity index (χ0n) is 7.72. The van der Waals surface area contributed by atoms with Gasteiger partial charge in [-0.2, -0.15) is 0 Å². The first-order valence-corrected chi connectivity index (χ1v) is 4.61. The van der Waals surface area contributed by atoms with Gasteiger partial charge in [-0.15, -0.1) is 0 Å². The third-order valence-electron chi connectivity index (χ3n) is 1.87. The van der Waals surface area contributed by atoms with Crippen LogP contribution in [0.3, 0.4) is 0 Å². The van der Waals surface area contributed by atoms with Crippen molar-refractivity contribution in [2.24, 2.45) is 0 Å². The topological polar surface area (TPSA) is 72.2 Å². The third-order valence-corrected chi connectivity index (χ3v) is 2.01. The van der Waals surface area contributed by atoms with Gasteiger partial charge >= 0.3 is 5.37 Å². The number of halogens is 1. The molecule has 1 N–H and O–H groups in total. The van der Waals surface area contributed by atoms with Crippen LogP contribution in [-0.4, -0.2) is 16.8 Å². The molecule has 1 amide bonds. The SMILES string of the molecule is O=C(Cl)NCC(c1ccccc1)[N+](=O)[O-]. The Morgan fingerprint density at radius 2 is 2.07 bits per heavy atom. The molecule has 0 heterocycles. The standard InChI is InChI=1S/C9H9ClN2O3/c10-9(13)11-6-8(12(14)15)7-4-2-1-3-5-7/h1-5,8H,6H2,(H,11,13). The molecule has 0 aromatic heterocycles. The molecule has 1 rings (SSSR count). The van der Waals surface area contributed by atoms with E-state index in [9.17, 15) is 14.9 Å². The average Bonchev–Trinajstić information content (AvgIpc) is 2.18. The Morgan fingerprint density at radius 3 is 2.53 bits per heavy atom. The Balaban J connectivity index is 2.75. The summed E-state index contributed by atoms with van der Waals surface area (Å²) >= 11 is 5.04. The quantitative estimate of drug-likeness (QED) is 0.371. The second-order valence-corrected chi connectivity index (χ2v) is 3.21. The van der Waals surface area contributed by atoms with Crippen molar-refractivity contribution in [1.82, 2.24) is 5.32 Å². The first-order valence-electron chi connectivity index (χ1n) is 4.23. The molecule has 0 saturated heterocycles. The van der Waals surface area contributed by atoms with Crippen molar-refractivity contribution in [3.05, 3.63) is 46.0 Å². The first kappa shape index (κ1) is 11.5. The van der Waals surface area contributed by atoms with Gasteiger partial charge in [0.2, 0.25) is 0 Å². The predicted octanol–water partition coefficient (Wildman–Crippen LogP) is 1.95. The van der Waals surface area contributed by atoms with E-state index < -0.39 is 16.3 Å². The van der Waals surface area contributed by atoms with Crippen LogP contribution >= 0.6 is 11.6 Å². The second-order valence-electron chi connectivity index (χ2n) is 2.87. The van der Waals surface area contributed by atoms with Gasteiger partial charge in [-0.25, -0.2) is 0 Å². The maximum Gasteiger partial charge on any atom is 0.314 e. The number of carbonyl (C=O) groups is 1. The van der Waals surface area contributed by atoms with Gasteiger partial charge in [0.05, 0.1) is 6.54 Å². The molecule has 0 fully saturated rings. The molecule has 1 aromatic rings. The van der Waals surface area contributed by atoms with Crippen LogP contribution in [0.4, 0.5) is 4.79 Å². The molecule has 0 radical (unpaired) electrons. The summed E-state index contributed by atoms with van der Waals surface area (Å²) in [6.07, 6.45) is 0. The number of rotatable bonds is 4. The minimum Gasteiger partial charge on any atom is -0.335 e. The van der Waals surface area contributed by atoms with Crippen molar-refractivity contribution < 1.29 is 9.72 Å². The fraction of sp³-hybridized carbons (Fsp3) is 0.222. The third kappa shape index (κ3) is 3.55. The van der Waals surface area contributed by atoms with Gasteiger partial charge in [-0.3, -0.25) is 14.9 Å². The van der Waals surface area contributed by atoms with Gasteiger partial charge in [0.25, 0.3) is 6.04 Å². The summed E-state index contributed by atoms with van der Waals surface area (Å²) in [5.41, 5.74) is 0.535. The minimum atomic E-state index is -0.964. The van der Waals surface area contributed by atoms with Gasteiger partial charge in [0.15, 0.2) is 0 Å². The molecule has 0 spiro atoms. The van der Waals surface area contributed by atoms with Crippen LogP contribution in [0.15, 0.2) is 30.3 Å². The number of carbonyl (C=O) groups excluding carboxylic acids is 1. The van der Waals surface area contributed by atoms with Crippen LogP contribution in [0, 0.1) is 10.1 Å². The highest BCUT2D eigenvalue weighted by Gasteiger charge is 2.22. The van der Waals surface area contributed by atoms with Crippen molar-refractivity contribution in [1.29, 1.82) is 0 Å². The Kier molecular flexibility index (Phi) is 4.05. The number of nitrogens with zero attached hydrogens (tertiary/aromatic N) is 1. The smallest absolute Gasteiger partial charge is 0.314 e. The molecule has 80 valence electrons. The van der Waals surface area contributed by atoms with Gasteiger partial charge < -0.3 is 5.32 Å². The number of hydrogen-bond donors (Lipinski definition) is 1. The Hall–Kier alpha value is -1.62. The van der Waals surface area contributed by atoms with E-state index in [0.29, 0.717) is 5.56 Å². The molecule has 15 heavy (non-hydrogen) atoms. The number of benzene rings is 1. The van der Waals surface area contributed by atoms with Gasteiger partial charge in [-0.1, -0.05) is 30.3 Å². The van der Waals surface area contributed by atoms with Crippen LogP contribution in [0.2, 0.25) is 0 Å². The van der Waals surface area contributed by atoms with Crippen LogP contribution < -0.4 is 5.32 Å². The monoisotopic (exact) mass is 228 g/mol. The molecule has 0 aliphatic carbocycles. The summed E-state index contributed by atoms with van der Waals surface area (Å²) in [6, 6.07) is 7.47. The molecule has 0 aliphatic heterocycles. The zero-order valence-corrected chi connectivity index (χ0v) is 8.48. The molecule has 1 unspecified atom stereocenters. The summed E-state index contributed by atoms with van der Waals surface area (Å²) < 4.78 is 0. The largest absolute Gasteiger partial charge is 0.335 e. The molecule has 0 saturated carbocycles. The normalized spacial score (nSPS) is 11.8. The molecular weight excluding hydrogens is 220 g/mol. The van der Waals surface area contributed by atoms with E-state index in [1.165, 1.54) is 0 Å². The molecule has 1 aromatic carbocycles. The van der Waals surface area contributed by atoms with E-state index in [1.807, 2.05) is 0 Å². The summed E-state index contributed by atoms with van der Waals surface area (Å²) in [7, 11) is 0. The van der Waals surface area contributed by atoms with Crippen LogP contribution in [-0.2, 0) is 0 Å². The van der Waals surface area contributed by atoms with E-state index >= 15 is 0 Å². The van der Waals surface area contributed by atoms with Gasteiger partial charge in [0, 0.05) is 10.5 Å². The molecule has 5 nitrogen and oxygen atoms in total. The number of hydrogen-bond acceptors (Lipinski definition) is 3. The van der Waals surface area contributed by atoms with E-state index in [-0.39, 0.29) is 6.54 Å². The van der Waals surface area contributed by atoms with Crippen molar-refractivity contribution >= 4 is 17.0 Å². The number of nitrogens with one attached hydrogen (secondary N) is 1. The fourth-order valence-electron chi connectivity index (χ4n) is 1.17. The molecule has 0 aliphatic rings. The van der Waals surface area contributed by atoms with Crippen LogP contribution in [0.25, 0.3) is 0 Å². The van der Waals surface area contributed by atoms with Crippen molar-refractivity contribution in [3.8, 4) is 0 Å². The summed E-state index contributed by atoms with van der Waals surface area (Å²) in [4.78, 5) is 20.7. The van der Waals surface area contributed by atoms with E-state index in [1.54, 1.807) is 30.3 Å². The Bertz CT molecular complexity index is 356. The van der Waals surface area contributed by atoms with Gasteiger partial charge in [0.1, 0.15) is 0 Å². The zero-order chi connectivity index (χ0) is 11.3. The highest BCUT2D eigenvalue weighted by atomic mass is 35.5. The van der Waals surface area contributed by atoms with E-state index in [2.05, 4.69) is 5.32 Å². The van der Waals surface area contributed by atoms with Crippen molar-refractivity contribution in [2.75, 3.05) is 6.54 Å². The Morgan fingerprint density at radius 1 is 1.47 bits per heavy atom. The molecule has 0 bridgehead atoms. The van der Waals surface area contributed by atoms with Crippen molar-refractivity contribution in [3.63, 3.8) is 0 Å². The average molecular weight is 229 g/mol. The minimum absolute atomic E-state index is 0.112. The molecule has 6 heteroatoms.